The Morgan fingerprint density at radius 1 is 1.11 bits per heavy atom. The summed E-state index contributed by atoms with van der Waals surface area (Å²) in [7, 11) is 0. The van der Waals surface area contributed by atoms with Gasteiger partial charge in [-0.25, -0.2) is 0 Å². The van der Waals surface area contributed by atoms with Crippen molar-refractivity contribution < 1.29 is 19.4 Å². The van der Waals surface area contributed by atoms with Crippen molar-refractivity contribution in [3.05, 3.63) is 11.6 Å². The van der Waals surface area contributed by atoms with E-state index in [1.54, 1.807) is 4.80 Å². The maximum atomic E-state index is 13.5. The summed E-state index contributed by atoms with van der Waals surface area (Å²) in [5.41, 5.74) is 12.8. The number of anilines is 1. The number of nitrogen functional groups attached to an aromatic ring is 1. The Hall–Kier alpha value is -2.04. The Morgan fingerprint density at radius 2 is 1.85 bits per heavy atom. The third-order valence-corrected chi connectivity index (χ3v) is 15.4. The largest absolute Gasteiger partial charge is 0.481 e. The second-order valence-electron chi connectivity index (χ2n) is 17.9. The van der Waals surface area contributed by atoms with Crippen molar-refractivity contribution in [1.82, 2.24) is 20.2 Å². The lowest BCUT2D eigenvalue weighted by atomic mass is 9.34. The molecule has 10 nitrogen and oxygen atoms in total. The van der Waals surface area contributed by atoms with E-state index < -0.39 is 11.9 Å². The summed E-state index contributed by atoms with van der Waals surface area (Å²) in [5.74, 6) is 0.955. The van der Waals surface area contributed by atoms with Crippen molar-refractivity contribution >= 4 is 11.9 Å². The molecule has 10 heteroatoms. The molecule has 0 radical (unpaired) electrons. The van der Waals surface area contributed by atoms with Crippen molar-refractivity contribution in [3.8, 4) is 0 Å². The molecule has 0 aromatic carbocycles. The van der Waals surface area contributed by atoms with Crippen LogP contribution in [0.5, 0.6) is 0 Å². The number of carboxylic acid groups (broad SMARTS) is 1. The van der Waals surface area contributed by atoms with E-state index in [0.717, 1.165) is 51.4 Å². The van der Waals surface area contributed by atoms with Crippen LogP contribution < -0.4 is 11.5 Å². The monoisotopic (exact) mass is 638 g/mol. The van der Waals surface area contributed by atoms with Crippen molar-refractivity contribution in [2.24, 2.45) is 68.3 Å². The van der Waals surface area contributed by atoms with E-state index in [0.29, 0.717) is 43.5 Å². The van der Waals surface area contributed by atoms with E-state index >= 15 is 0 Å². The number of hydrogen-bond acceptors (Lipinski definition) is 8. The Balaban J connectivity index is 1.36. The number of nitrogens with zero attached hydrogens (tertiary/aromatic N) is 4. The van der Waals surface area contributed by atoms with Gasteiger partial charge >= 0.3 is 5.97 Å². The molecule has 5 fully saturated rings. The second-order valence-corrected chi connectivity index (χ2v) is 17.9. The summed E-state index contributed by atoms with van der Waals surface area (Å²) >= 11 is 0. The molecule has 0 unspecified atom stereocenters. The standard InChI is InChI=1S/C36H58N6O4/c1-20(2)21(3)33(5)14-15-34(6)23-10-11-27-32(4)16-26(42-40-31(38)39-41-42)29(46-17-25(37)22-8-9-22)36(27,19-45-18-32)24(23)12-13-35(34,7)28(33)30(43)44/h12,20-23,25-29H,8-11,13-19,37H2,1-7H3,(H2,38,40)(H,43,44)/t21-,23+,25+,26-,27-,28-,29+,32-,33-,34-,35+,36+/m1/s1. The van der Waals surface area contributed by atoms with Gasteiger partial charge in [0, 0.05) is 11.5 Å². The van der Waals surface area contributed by atoms with Crippen LogP contribution in [0.3, 0.4) is 0 Å². The molecule has 46 heavy (non-hydrogen) atoms. The third-order valence-electron chi connectivity index (χ3n) is 15.4. The first-order valence-electron chi connectivity index (χ1n) is 18.1. The van der Waals surface area contributed by atoms with Gasteiger partial charge in [-0.1, -0.05) is 65.2 Å². The molecule has 12 atom stereocenters. The molecule has 1 aromatic rings. The number of fused-ring (bicyclic) bond motifs is 3. The van der Waals surface area contributed by atoms with Gasteiger partial charge in [0.25, 0.3) is 5.95 Å². The number of carbonyl (C=O) groups is 1. The maximum Gasteiger partial charge on any atom is 0.307 e. The lowest BCUT2D eigenvalue weighted by Crippen LogP contribution is -2.70. The van der Waals surface area contributed by atoms with E-state index in [-0.39, 0.29) is 57.1 Å². The van der Waals surface area contributed by atoms with Gasteiger partial charge in [-0.15, -0.1) is 5.10 Å². The highest BCUT2D eigenvalue weighted by Crippen LogP contribution is 2.75. The molecule has 1 aromatic heterocycles. The van der Waals surface area contributed by atoms with Crippen LogP contribution in [0.2, 0.25) is 0 Å². The van der Waals surface area contributed by atoms with Crippen molar-refractivity contribution in [1.29, 1.82) is 0 Å². The minimum atomic E-state index is -0.636. The quantitative estimate of drug-likeness (QED) is 0.313. The summed E-state index contributed by atoms with van der Waals surface area (Å²) in [6.07, 6.45) is 10.2. The molecule has 4 saturated carbocycles. The van der Waals surface area contributed by atoms with Crippen LogP contribution in [0, 0.1) is 62.6 Å². The van der Waals surface area contributed by atoms with Crippen molar-refractivity contribution in [3.63, 3.8) is 0 Å². The van der Waals surface area contributed by atoms with E-state index in [1.165, 1.54) is 5.57 Å². The van der Waals surface area contributed by atoms with Crippen LogP contribution in [0.15, 0.2) is 11.6 Å². The zero-order valence-electron chi connectivity index (χ0n) is 29.2. The number of nitrogens with two attached hydrogens (primary N) is 2. The molecule has 256 valence electrons. The number of allylic oxidation sites excluding steroid dienone is 1. The molecule has 6 aliphatic rings. The fraction of sp³-hybridized carbons (Fsp3) is 0.889. The number of tetrazole rings is 1. The smallest absolute Gasteiger partial charge is 0.307 e. The Bertz CT molecular complexity index is 1390. The summed E-state index contributed by atoms with van der Waals surface area (Å²) in [4.78, 5) is 15.2. The molecule has 0 spiro atoms. The van der Waals surface area contributed by atoms with Gasteiger partial charge in [-0.3, -0.25) is 4.79 Å². The number of aliphatic carboxylic acids is 1. The number of ether oxygens (including phenoxy) is 2. The highest BCUT2D eigenvalue weighted by Gasteiger charge is 2.72. The first kappa shape index (κ1) is 32.5. The van der Waals surface area contributed by atoms with Gasteiger partial charge < -0.3 is 26.0 Å². The normalized spacial score (nSPS) is 46.5. The van der Waals surface area contributed by atoms with E-state index in [2.05, 4.69) is 70.0 Å². The van der Waals surface area contributed by atoms with Crippen LogP contribution in [0.25, 0.3) is 0 Å². The summed E-state index contributed by atoms with van der Waals surface area (Å²) < 4.78 is 13.7. The molecule has 2 bridgehead atoms. The SMILES string of the molecule is CC(C)[C@@H](C)[C@@]1(C)CC[C@]2(C)[C@H]3CC[C@@H]4[C@@]5(C)COC[C@@]4(C3=CC[C@@]2(C)[C@@H]1C(=O)O)[C@@H](OC[C@H](N)C1CC1)[C@H](n1nnc(N)n1)C5. The minimum absolute atomic E-state index is 0.00193. The number of aromatic nitrogens is 4. The Labute approximate surface area is 274 Å². The van der Waals surface area contributed by atoms with E-state index in [9.17, 15) is 9.90 Å². The van der Waals surface area contributed by atoms with E-state index in [4.69, 9.17) is 20.9 Å². The average Bonchev–Trinajstić information content (AvgIpc) is 3.76. The number of carboxylic acids is 1. The second kappa shape index (κ2) is 10.7. The zero-order chi connectivity index (χ0) is 33.0. The molecule has 5 N–H and O–H groups in total. The minimum Gasteiger partial charge on any atom is -0.481 e. The molecule has 2 heterocycles. The van der Waals surface area contributed by atoms with Crippen molar-refractivity contribution in [2.45, 2.75) is 118 Å². The highest BCUT2D eigenvalue weighted by molar-refractivity contribution is 5.73. The van der Waals surface area contributed by atoms with Crippen LogP contribution >= 0.6 is 0 Å². The Kier molecular flexibility index (Phi) is 7.58. The topological polar surface area (TPSA) is 151 Å². The Morgan fingerprint density at radius 3 is 2.48 bits per heavy atom. The van der Waals surface area contributed by atoms with Gasteiger partial charge in [0.05, 0.1) is 31.8 Å². The highest BCUT2D eigenvalue weighted by atomic mass is 16.5. The molecular formula is C36H58N6O4. The zero-order valence-corrected chi connectivity index (χ0v) is 29.2. The predicted octanol–water partition coefficient (Wildman–Crippen LogP) is 5.51. The maximum absolute atomic E-state index is 13.5. The van der Waals surface area contributed by atoms with Crippen LogP contribution in [-0.4, -0.2) is 63.2 Å². The summed E-state index contributed by atoms with van der Waals surface area (Å²) in [6.45, 7) is 17.9. The van der Waals surface area contributed by atoms with E-state index in [1.807, 2.05) is 0 Å². The fourth-order valence-electron chi connectivity index (χ4n) is 12.3. The number of rotatable bonds is 8. The van der Waals surface area contributed by atoms with Gasteiger partial charge in [-0.05, 0) is 108 Å². The predicted molar refractivity (Wildman–Crippen MR) is 175 cm³/mol. The molecular weight excluding hydrogens is 580 g/mol. The van der Waals surface area contributed by atoms with Gasteiger partial charge in [0.2, 0.25) is 0 Å². The first-order valence-corrected chi connectivity index (χ1v) is 18.1. The van der Waals surface area contributed by atoms with Gasteiger partial charge in [0.15, 0.2) is 0 Å². The average molecular weight is 639 g/mol. The molecule has 5 aliphatic carbocycles. The third kappa shape index (κ3) is 4.37. The van der Waals surface area contributed by atoms with Crippen LogP contribution in [-0.2, 0) is 14.3 Å². The van der Waals surface area contributed by atoms with Crippen LogP contribution in [0.4, 0.5) is 5.95 Å². The molecule has 1 saturated heterocycles. The first-order chi connectivity index (χ1) is 21.6. The van der Waals surface area contributed by atoms with Gasteiger partial charge in [0.1, 0.15) is 6.04 Å². The fourth-order valence-corrected chi connectivity index (χ4v) is 12.3. The van der Waals surface area contributed by atoms with Crippen LogP contribution in [0.1, 0.15) is 106 Å². The lowest BCUT2D eigenvalue weighted by Gasteiger charge is -2.71. The molecule has 7 rings (SSSR count). The molecule has 1 aliphatic heterocycles. The molecule has 0 amide bonds. The lowest BCUT2D eigenvalue weighted by molar-refractivity contribution is -0.254. The van der Waals surface area contributed by atoms with Crippen molar-refractivity contribution in [2.75, 3.05) is 25.6 Å². The summed E-state index contributed by atoms with van der Waals surface area (Å²) in [6, 6.07) is -0.159. The number of hydrogen-bond donors (Lipinski definition) is 3. The summed E-state index contributed by atoms with van der Waals surface area (Å²) in [5, 5.41) is 24.1. The van der Waals surface area contributed by atoms with Gasteiger partial charge in [-0.2, -0.15) is 4.80 Å².